The molecule has 1 N–H and O–H groups in total. The van der Waals surface area contributed by atoms with Gasteiger partial charge in [-0.3, -0.25) is 4.79 Å². The molecule has 2 fully saturated rings. The van der Waals surface area contributed by atoms with Gasteiger partial charge in [0.25, 0.3) is 0 Å². The second-order valence-electron chi connectivity index (χ2n) is 11.7. The van der Waals surface area contributed by atoms with Crippen LogP contribution in [0.25, 0.3) is 10.8 Å². The molecule has 3 atom stereocenters. The van der Waals surface area contributed by atoms with E-state index < -0.39 is 0 Å². The van der Waals surface area contributed by atoms with Gasteiger partial charge in [0, 0.05) is 31.2 Å². The van der Waals surface area contributed by atoms with Gasteiger partial charge in [-0.1, -0.05) is 30.8 Å². The fraction of sp³-hybridized carbons (Fsp3) is 0.455. The minimum absolute atomic E-state index is 0.148. The largest absolute Gasteiger partial charge is 0.508 e. The Hall–Kier alpha value is -4.16. The Balaban J connectivity index is 1.34. The van der Waals surface area contributed by atoms with Crippen LogP contribution in [0.5, 0.6) is 11.8 Å². The smallest absolute Gasteiger partial charge is 0.318 e. The zero-order valence-corrected chi connectivity index (χ0v) is 24.2. The van der Waals surface area contributed by atoms with Crippen LogP contribution in [0.4, 0.5) is 5.82 Å². The number of nitriles is 1. The van der Waals surface area contributed by atoms with Crippen molar-refractivity contribution in [3.63, 3.8) is 0 Å². The zero-order chi connectivity index (χ0) is 29.2. The number of aromatic hydroxyl groups is 1. The number of carbonyl (C=O) groups excluding carboxylic acids is 1. The topological polar surface area (TPSA) is 106 Å². The highest BCUT2D eigenvalue weighted by Gasteiger charge is 2.34. The summed E-state index contributed by atoms with van der Waals surface area (Å²) in [6, 6.07) is 14.6. The van der Waals surface area contributed by atoms with E-state index in [9.17, 15) is 15.2 Å². The predicted molar refractivity (Wildman–Crippen MR) is 162 cm³/mol. The summed E-state index contributed by atoms with van der Waals surface area (Å²) in [5, 5.41) is 22.2. The van der Waals surface area contributed by atoms with Crippen molar-refractivity contribution in [2.75, 3.05) is 44.7 Å². The number of fused-ring (bicyclic) bond motifs is 2. The van der Waals surface area contributed by atoms with E-state index >= 15 is 0 Å². The maximum Gasteiger partial charge on any atom is 0.318 e. The lowest BCUT2D eigenvalue weighted by atomic mass is 9.80. The second-order valence-corrected chi connectivity index (χ2v) is 11.7. The first kappa shape index (κ1) is 28.0. The lowest BCUT2D eigenvalue weighted by molar-refractivity contribution is -0.128. The van der Waals surface area contributed by atoms with Gasteiger partial charge in [-0.2, -0.15) is 15.2 Å². The van der Waals surface area contributed by atoms with E-state index in [-0.39, 0.29) is 30.0 Å². The summed E-state index contributed by atoms with van der Waals surface area (Å²) < 4.78 is 6.28. The van der Waals surface area contributed by atoms with Gasteiger partial charge in [0.2, 0.25) is 5.91 Å². The minimum Gasteiger partial charge on any atom is -0.508 e. The van der Waals surface area contributed by atoms with Crippen LogP contribution in [0, 0.1) is 11.3 Å². The highest BCUT2D eigenvalue weighted by molar-refractivity contribution is 5.88. The van der Waals surface area contributed by atoms with Gasteiger partial charge in [0.1, 0.15) is 18.2 Å². The van der Waals surface area contributed by atoms with Gasteiger partial charge in [0.05, 0.1) is 24.2 Å². The molecule has 9 nitrogen and oxygen atoms in total. The first-order chi connectivity index (χ1) is 20.4. The molecular weight excluding hydrogens is 528 g/mol. The Bertz CT molecular complexity index is 1530. The summed E-state index contributed by atoms with van der Waals surface area (Å²) in [6.07, 6.45) is 6.23. The number of rotatable bonds is 7. The van der Waals surface area contributed by atoms with E-state index in [1.54, 1.807) is 4.90 Å². The van der Waals surface area contributed by atoms with Crippen LogP contribution in [0.1, 0.15) is 48.4 Å². The molecule has 0 radical (unpaired) electrons. The third kappa shape index (κ3) is 5.51. The Morgan fingerprint density at radius 2 is 2.05 bits per heavy atom. The molecule has 9 heteroatoms. The molecule has 42 heavy (non-hydrogen) atoms. The van der Waals surface area contributed by atoms with Gasteiger partial charge in [-0.05, 0) is 86.2 Å². The number of phenolic OH excluding ortho intramolecular Hbond substituents is 1. The standard InChI is InChI=1S/C33H38N6O3/c1-3-31(41)39-16-15-38(20-24(39)12-13-34)32-28-11-10-23(29-19-26(40)17-22-7-4-5-9-27(22)29)18-30(28)35-33(36-32)42-21-25-8-6-14-37(25)2/h3-5,7,9,17,19,23-25,40H,1,6,8,10-12,14-16,18,20-21H2,2H3/t23-,24+,25+/m1/s1. The van der Waals surface area contributed by atoms with Gasteiger partial charge in [-0.15, -0.1) is 0 Å². The summed E-state index contributed by atoms with van der Waals surface area (Å²) in [6.45, 7) is 6.87. The maximum absolute atomic E-state index is 12.5. The number of likely N-dealkylation sites (tertiary alicyclic amines) is 1. The highest BCUT2D eigenvalue weighted by Crippen LogP contribution is 2.40. The van der Waals surface area contributed by atoms with Crippen molar-refractivity contribution in [3.05, 3.63) is 65.9 Å². The molecule has 3 aromatic rings. The van der Waals surface area contributed by atoms with Gasteiger partial charge in [0.15, 0.2) is 0 Å². The molecule has 2 saturated heterocycles. The molecule has 1 aromatic heterocycles. The number of likely N-dealkylation sites (N-methyl/N-ethyl adjacent to an activating group) is 1. The number of benzene rings is 2. The third-order valence-electron chi connectivity index (χ3n) is 9.19. The number of phenols is 1. The van der Waals surface area contributed by atoms with Crippen LogP contribution in [-0.4, -0.2) is 82.7 Å². The Kier molecular flexibility index (Phi) is 7.98. The molecule has 0 bridgehead atoms. The molecule has 0 unspecified atom stereocenters. The normalized spacial score (nSPS) is 22.5. The van der Waals surface area contributed by atoms with Crippen LogP contribution in [-0.2, 0) is 17.6 Å². The molecule has 218 valence electrons. The molecular formula is C33H38N6O3. The molecule has 1 amide bonds. The number of nitrogens with zero attached hydrogens (tertiary/aromatic N) is 6. The van der Waals surface area contributed by atoms with Crippen LogP contribution in [0.15, 0.2) is 49.1 Å². The van der Waals surface area contributed by atoms with E-state index in [1.165, 1.54) is 6.08 Å². The fourth-order valence-electron chi connectivity index (χ4n) is 6.92. The number of aromatic nitrogens is 2. The maximum atomic E-state index is 12.5. The highest BCUT2D eigenvalue weighted by atomic mass is 16.5. The van der Waals surface area contributed by atoms with Crippen molar-refractivity contribution in [2.45, 2.75) is 56.5 Å². The summed E-state index contributed by atoms with van der Waals surface area (Å²) in [4.78, 5) is 28.7. The van der Waals surface area contributed by atoms with Gasteiger partial charge in [-0.25, -0.2) is 0 Å². The molecule has 0 spiro atoms. The van der Waals surface area contributed by atoms with Gasteiger partial charge >= 0.3 is 6.01 Å². The zero-order valence-electron chi connectivity index (χ0n) is 24.2. The third-order valence-corrected chi connectivity index (χ3v) is 9.19. The van der Waals surface area contributed by atoms with E-state index in [1.807, 2.05) is 30.3 Å². The molecule has 3 heterocycles. The number of amides is 1. The number of carbonyl (C=O) groups is 1. The average molecular weight is 567 g/mol. The average Bonchev–Trinajstić information content (AvgIpc) is 3.42. The van der Waals surface area contributed by atoms with Crippen molar-refractivity contribution < 1.29 is 14.6 Å². The van der Waals surface area contributed by atoms with Gasteiger partial charge < -0.3 is 24.5 Å². The Labute approximate surface area is 247 Å². The monoisotopic (exact) mass is 566 g/mol. The number of hydrogen-bond donors (Lipinski definition) is 1. The summed E-state index contributed by atoms with van der Waals surface area (Å²) in [5.41, 5.74) is 3.22. The quantitative estimate of drug-likeness (QED) is 0.425. The lowest BCUT2D eigenvalue weighted by Gasteiger charge is -2.42. The van der Waals surface area contributed by atoms with E-state index in [0.29, 0.717) is 44.7 Å². The molecule has 0 saturated carbocycles. The first-order valence-electron chi connectivity index (χ1n) is 14.9. The number of anilines is 1. The summed E-state index contributed by atoms with van der Waals surface area (Å²) in [5.74, 6) is 1.17. The van der Waals surface area contributed by atoms with Crippen LogP contribution in [0.2, 0.25) is 0 Å². The minimum atomic E-state index is -0.244. The summed E-state index contributed by atoms with van der Waals surface area (Å²) >= 11 is 0. The number of piperazine rings is 1. The first-order valence-corrected chi connectivity index (χ1v) is 14.9. The van der Waals surface area contributed by atoms with Crippen molar-refractivity contribution in [1.82, 2.24) is 19.8 Å². The van der Waals surface area contributed by atoms with Crippen molar-refractivity contribution in [3.8, 4) is 17.8 Å². The Morgan fingerprint density at radius 1 is 1.19 bits per heavy atom. The van der Waals surface area contributed by atoms with E-state index in [0.717, 1.165) is 65.6 Å². The second kappa shape index (κ2) is 12.0. The van der Waals surface area contributed by atoms with Crippen LogP contribution in [0.3, 0.4) is 0 Å². The molecule has 3 aliphatic rings. The predicted octanol–water partition coefficient (Wildman–Crippen LogP) is 4.20. The van der Waals surface area contributed by atoms with E-state index in [2.05, 4.69) is 35.6 Å². The number of hydrogen-bond acceptors (Lipinski definition) is 8. The summed E-state index contributed by atoms with van der Waals surface area (Å²) in [7, 11) is 2.13. The van der Waals surface area contributed by atoms with Crippen molar-refractivity contribution in [2.24, 2.45) is 0 Å². The van der Waals surface area contributed by atoms with Crippen molar-refractivity contribution in [1.29, 1.82) is 5.26 Å². The molecule has 2 aromatic carbocycles. The van der Waals surface area contributed by atoms with E-state index in [4.69, 9.17) is 14.7 Å². The Morgan fingerprint density at radius 3 is 2.83 bits per heavy atom. The lowest BCUT2D eigenvalue weighted by Crippen LogP contribution is -2.55. The molecule has 6 rings (SSSR count). The van der Waals surface area contributed by atoms with Crippen LogP contribution < -0.4 is 9.64 Å². The fourth-order valence-corrected chi connectivity index (χ4v) is 6.92. The van der Waals surface area contributed by atoms with Crippen LogP contribution >= 0.6 is 0 Å². The van der Waals surface area contributed by atoms with Crippen molar-refractivity contribution >= 4 is 22.5 Å². The number of ether oxygens (including phenoxy) is 1. The molecule has 2 aliphatic heterocycles. The SMILES string of the molecule is C=CC(=O)N1CCN(c2nc(OC[C@@H]3CCCN3C)nc3c2CC[C@@H](c2cc(O)cc4ccccc24)C3)C[C@@H]1CC#N. The molecule has 1 aliphatic carbocycles.